The van der Waals surface area contributed by atoms with Crippen LogP contribution in [0.25, 0.3) is 0 Å². The minimum atomic E-state index is -0.711. The maximum atomic E-state index is 10.8. The van der Waals surface area contributed by atoms with Gasteiger partial charge in [-0.05, 0) is 25.2 Å². The number of aliphatic carboxylic acids is 1. The first kappa shape index (κ1) is 8.31. The Morgan fingerprint density at radius 1 is 1.82 bits per heavy atom. The van der Waals surface area contributed by atoms with Crippen molar-refractivity contribution in [2.24, 2.45) is 11.3 Å². The third-order valence-electron chi connectivity index (χ3n) is 2.61. The Hall–Kier alpha value is -0.790. The molecule has 0 heterocycles. The fraction of sp³-hybridized carbons (Fsp3) is 0.667. The van der Waals surface area contributed by atoms with Gasteiger partial charge in [-0.15, -0.1) is 6.58 Å². The molecule has 11 heavy (non-hydrogen) atoms. The van der Waals surface area contributed by atoms with Crippen molar-refractivity contribution in [2.75, 3.05) is 0 Å². The zero-order valence-electron chi connectivity index (χ0n) is 6.84. The highest BCUT2D eigenvalue weighted by Crippen LogP contribution is 2.42. The highest BCUT2D eigenvalue weighted by atomic mass is 16.4. The van der Waals surface area contributed by atoms with E-state index in [1.165, 1.54) is 0 Å². The van der Waals surface area contributed by atoms with Gasteiger partial charge in [-0.2, -0.15) is 0 Å². The Bertz CT molecular complexity index is 186. The van der Waals surface area contributed by atoms with E-state index >= 15 is 0 Å². The maximum absolute atomic E-state index is 10.8. The van der Waals surface area contributed by atoms with Crippen molar-refractivity contribution in [3.8, 4) is 0 Å². The highest BCUT2D eigenvalue weighted by molar-refractivity contribution is 5.77. The van der Waals surface area contributed by atoms with E-state index in [9.17, 15) is 4.79 Å². The van der Waals surface area contributed by atoms with Crippen LogP contribution >= 0.6 is 0 Å². The van der Waals surface area contributed by atoms with Crippen molar-refractivity contribution in [1.29, 1.82) is 0 Å². The molecule has 62 valence electrons. The number of rotatable bonds is 2. The van der Waals surface area contributed by atoms with Crippen molar-refractivity contribution in [3.05, 3.63) is 12.7 Å². The molecule has 0 amide bonds. The molecule has 1 aliphatic carbocycles. The Kier molecular flexibility index (Phi) is 2.03. The molecule has 1 N–H and O–H groups in total. The van der Waals surface area contributed by atoms with Crippen LogP contribution in [0.15, 0.2) is 12.7 Å². The molecule has 2 atom stereocenters. The second-order valence-electron chi connectivity index (χ2n) is 3.51. The molecule has 1 rings (SSSR count). The molecule has 1 saturated carbocycles. The summed E-state index contributed by atoms with van der Waals surface area (Å²) in [5.74, 6) is -0.180. The quantitative estimate of drug-likeness (QED) is 0.618. The molecule has 0 aromatic rings. The molecule has 0 saturated heterocycles. The highest BCUT2D eigenvalue weighted by Gasteiger charge is 2.41. The Labute approximate surface area is 66.9 Å². The van der Waals surface area contributed by atoms with E-state index in [0.29, 0.717) is 5.92 Å². The van der Waals surface area contributed by atoms with E-state index in [2.05, 4.69) is 13.5 Å². The first-order chi connectivity index (χ1) is 5.10. The van der Waals surface area contributed by atoms with Gasteiger partial charge in [0.05, 0.1) is 5.41 Å². The van der Waals surface area contributed by atoms with Crippen LogP contribution in [0, 0.1) is 11.3 Å². The van der Waals surface area contributed by atoms with Gasteiger partial charge in [0.25, 0.3) is 0 Å². The van der Waals surface area contributed by atoms with E-state index in [0.717, 1.165) is 19.3 Å². The van der Waals surface area contributed by atoms with E-state index in [1.807, 2.05) is 0 Å². The topological polar surface area (TPSA) is 37.3 Å². The lowest BCUT2D eigenvalue weighted by Gasteiger charge is -2.18. The summed E-state index contributed by atoms with van der Waals surface area (Å²) in [6.07, 6.45) is 4.12. The van der Waals surface area contributed by atoms with Crippen molar-refractivity contribution >= 4 is 5.97 Å². The predicted octanol–water partition coefficient (Wildman–Crippen LogP) is 2.06. The maximum Gasteiger partial charge on any atom is 0.313 e. The Morgan fingerprint density at radius 2 is 2.45 bits per heavy atom. The molecule has 2 unspecified atom stereocenters. The number of hydrogen-bond donors (Lipinski definition) is 1. The average molecular weight is 154 g/mol. The van der Waals surface area contributed by atoms with Gasteiger partial charge >= 0.3 is 5.97 Å². The second-order valence-corrected chi connectivity index (χ2v) is 3.51. The molecular formula is C9H14O2. The molecule has 0 radical (unpaired) electrons. The number of carbonyl (C=O) groups is 1. The lowest BCUT2D eigenvalue weighted by Crippen LogP contribution is -2.25. The van der Waals surface area contributed by atoms with Crippen molar-refractivity contribution < 1.29 is 9.90 Å². The molecule has 0 aliphatic heterocycles. The standard InChI is InChI=1S/C9H14O2/c1-3-9(8(10)11)5-4-7(2)6-9/h3,7H,1,4-6H2,2H3,(H,10,11). The van der Waals surface area contributed by atoms with Gasteiger partial charge < -0.3 is 5.11 Å². The zero-order chi connectivity index (χ0) is 8.48. The fourth-order valence-corrected chi connectivity index (χ4v) is 1.80. The number of carboxylic acids is 1. The van der Waals surface area contributed by atoms with Gasteiger partial charge in [0, 0.05) is 0 Å². The SMILES string of the molecule is C=CC1(C(=O)O)CCC(C)C1. The normalized spacial score (nSPS) is 37.0. The molecule has 2 heteroatoms. The van der Waals surface area contributed by atoms with Crippen LogP contribution in [0.2, 0.25) is 0 Å². The van der Waals surface area contributed by atoms with E-state index in [-0.39, 0.29) is 0 Å². The van der Waals surface area contributed by atoms with Crippen LogP contribution in [-0.4, -0.2) is 11.1 Å². The summed E-state index contributed by atoms with van der Waals surface area (Å²) in [7, 11) is 0. The lowest BCUT2D eigenvalue weighted by molar-refractivity contribution is -0.145. The molecule has 2 nitrogen and oxygen atoms in total. The zero-order valence-corrected chi connectivity index (χ0v) is 6.84. The van der Waals surface area contributed by atoms with E-state index < -0.39 is 11.4 Å². The minimum absolute atomic E-state index is 0.532. The first-order valence-corrected chi connectivity index (χ1v) is 3.98. The molecular weight excluding hydrogens is 140 g/mol. The van der Waals surface area contributed by atoms with Gasteiger partial charge in [-0.1, -0.05) is 13.0 Å². The lowest BCUT2D eigenvalue weighted by atomic mass is 9.86. The van der Waals surface area contributed by atoms with Gasteiger partial charge in [0.15, 0.2) is 0 Å². The number of carboxylic acid groups (broad SMARTS) is 1. The van der Waals surface area contributed by atoms with Crippen molar-refractivity contribution in [3.63, 3.8) is 0 Å². The Balaban J connectivity index is 2.78. The predicted molar refractivity (Wildman–Crippen MR) is 43.3 cm³/mol. The largest absolute Gasteiger partial charge is 0.481 e. The summed E-state index contributed by atoms with van der Waals surface area (Å²) in [5, 5.41) is 8.91. The van der Waals surface area contributed by atoms with E-state index in [4.69, 9.17) is 5.11 Å². The molecule has 1 fully saturated rings. The average Bonchev–Trinajstić information content (AvgIpc) is 2.33. The summed E-state index contributed by atoms with van der Waals surface area (Å²) in [6.45, 7) is 5.68. The van der Waals surface area contributed by atoms with Crippen molar-refractivity contribution in [1.82, 2.24) is 0 Å². The van der Waals surface area contributed by atoms with Crippen LogP contribution in [0.3, 0.4) is 0 Å². The smallest absolute Gasteiger partial charge is 0.313 e. The van der Waals surface area contributed by atoms with Gasteiger partial charge in [0.2, 0.25) is 0 Å². The third-order valence-corrected chi connectivity index (χ3v) is 2.61. The summed E-state index contributed by atoms with van der Waals surface area (Å²) in [4.78, 5) is 10.8. The molecule has 0 spiro atoms. The van der Waals surface area contributed by atoms with E-state index in [1.54, 1.807) is 6.08 Å². The summed E-state index contributed by atoms with van der Waals surface area (Å²) < 4.78 is 0. The van der Waals surface area contributed by atoms with Crippen LogP contribution in [0.1, 0.15) is 26.2 Å². The summed E-state index contributed by atoms with van der Waals surface area (Å²) in [6, 6.07) is 0. The second kappa shape index (κ2) is 2.68. The minimum Gasteiger partial charge on any atom is -0.481 e. The number of hydrogen-bond acceptors (Lipinski definition) is 1. The summed E-state index contributed by atoms with van der Waals surface area (Å²) in [5.41, 5.74) is -0.612. The molecule has 0 aromatic carbocycles. The first-order valence-electron chi connectivity index (χ1n) is 3.98. The third kappa shape index (κ3) is 1.30. The summed E-state index contributed by atoms with van der Waals surface area (Å²) >= 11 is 0. The van der Waals surface area contributed by atoms with Crippen LogP contribution in [-0.2, 0) is 4.79 Å². The van der Waals surface area contributed by atoms with Gasteiger partial charge in [-0.3, -0.25) is 4.79 Å². The van der Waals surface area contributed by atoms with Crippen LogP contribution in [0.4, 0.5) is 0 Å². The van der Waals surface area contributed by atoms with Crippen LogP contribution in [0.5, 0.6) is 0 Å². The van der Waals surface area contributed by atoms with Gasteiger partial charge in [0.1, 0.15) is 0 Å². The molecule has 0 bridgehead atoms. The monoisotopic (exact) mass is 154 g/mol. The van der Waals surface area contributed by atoms with Gasteiger partial charge in [-0.25, -0.2) is 0 Å². The Morgan fingerprint density at radius 3 is 2.64 bits per heavy atom. The van der Waals surface area contributed by atoms with Crippen molar-refractivity contribution in [2.45, 2.75) is 26.2 Å². The molecule has 1 aliphatic rings. The van der Waals surface area contributed by atoms with Crippen LogP contribution < -0.4 is 0 Å². The molecule has 0 aromatic heterocycles. The fourth-order valence-electron chi connectivity index (χ4n) is 1.80.